The molecule has 1 unspecified atom stereocenters. The number of amides is 1. The summed E-state index contributed by atoms with van der Waals surface area (Å²) in [5, 5.41) is 0. The Kier molecular flexibility index (Phi) is 3.33. The van der Waals surface area contributed by atoms with Crippen LogP contribution in [0, 0.1) is 0 Å². The number of benzene rings is 1. The first-order valence-electron chi connectivity index (χ1n) is 6.41. The lowest BCUT2D eigenvalue weighted by atomic mass is 10.2. The van der Waals surface area contributed by atoms with Gasteiger partial charge in [-0.25, -0.2) is 0 Å². The second kappa shape index (κ2) is 5.28. The van der Waals surface area contributed by atoms with Gasteiger partial charge in [0.05, 0.1) is 12.8 Å². The van der Waals surface area contributed by atoms with Gasteiger partial charge in [-0.05, 0) is 24.3 Å². The van der Waals surface area contributed by atoms with Crippen molar-refractivity contribution >= 4 is 5.91 Å². The molecule has 1 aliphatic heterocycles. The first-order chi connectivity index (χ1) is 9.74. The summed E-state index contributed by atoms with van der Waals surface area (Å²) in [7, 11) is 1.72. The van der Waals surface area contributed by atoms with Crippen LogP contribution in [0.4, 0.5) is 0 Å². The molecule has 3 rings (SSSR count). The quantitative estimate of drug-likeness (QED) is 0.860. The van der Waals surface area contributed by atoms with Gasteiger partial charge in [-0.1, -0.05) is 12.1 Å². The minimum Gasteiger partial charge on any atom is -0.486 e. The molecule has 0 spiro atoms. The molecule has 2 heterocycles. The van der Waals surface area contributed by atoms with E-state index in [1.54, 1.807) is 24.1 Å². The number of fused-ring (bicyclic) bond motifs is 1. The van der Waals surface area contributed by atoms with Crippen LogP contribution < -0.4 is 9.47 Å². The summed E-state index contributed by atoms with van der Waals surface area (Å²) in [5.74, 6) is 1.61. The predicted octanol–water partition coefficient (Wildman–Crippen LogP) is 2.19. The molecule has 1 aromatic carbocycles. The molecule has 0 bridgehead atoms. The van der Waals surface area contributed by atoms with Crippen LogP contribution in [0.15, 0.2) is 47.1 Å². The van der Waals surface area contributed by atoms with E-state index in [0.29, 0.717) is 24.7 Å². The molecule has 1 aliphatic rings. The molecule has 0 radical (unpaired) electrons. The molecule has 0 saturated carbocycles. The Balaban J connectivity index is 1.63. The molecule has 0 aliphatic carbocycles. The smallest absolute Gasteiger partial charge is 0.289 e. The van der Waals surface area contributed by atoms with E-state index >= 15 is 0 Å². The van der Waals surface area contributed by atoms with E-state index in [4.69, 9.17) is 13.9 Å². The Bertz CT molecular complexity index is 594. The summed E-state index contributed by atoms with van der Waals surface area (Å²) in [6.07, 6.45) is 1.30. The van der Waals surface area contributed by atoms with Crippen LogP contribution in [-0.4, -0.2) is 37.1 Å². The Morgan fingerprint density at radius 3 is 2.80 bits per heavy atom. The Morgan fingerprint density at radius 1 is 1.25 bits per heavy atom. The molecule has 1 atom stereocenters. The third kappa shape index (κ3) is 2.47. The van der Waals surface area contributed by atoms with Crippen LogP contribution in [-0.2, 0) is 0 Å². The van der Waals surface area contributed by atoms with Crippen molar-refractivity contribution in [3.05, 3.63) is 48.4 Å². The molecule has 5 heteroatoms. The highest BCUT2D eigenvalue weighted by Gasteiger charge is 2.24. The Labute approximate surface area is 116 Å². The van der Waals surface area contributed by atoms with Crippen LogP contribution in [0.1, 0.15) is 10.6 Å². The van der Waals surface area contributed by atoms with E-state index < -0.39 is 0 Å². The van der Waals surface area contributed by atoms with Crippen molar-refractivity contribution in [1.82, 2.24) is 4.90 Å². The van der Waals surface area contributed by atoms with Crippen molar-refractivity contribution in [2.75, 3.05) is 20.2 Å². The van der Waals surface area contributed by atoms with E-state index in [1.165, 1.54) is 6.26 Å². The predicted molar refractivity (Wildman–Crippen MR) is 72.0 cm³/mol. The maximum atomic E-state index is 12.1. The van der Waals surface area contributed by atoms with Crippen LogP contribution in [0.3, 0.4) is 0 Å². The third-order valence-electron chi connectivity index (χ3n) is 3.12. The largest absolute Gasteiger partial charge is 0.486 e. The number of furan rings is 1. The van der Waals surface area contributed by atoms with Gasteiger partial charge in [0.25, 0.3) is 5.91 Å². The minimum absolute atomic E-state index is 0.169. The van der Waals surface area contributed by atoms with Crippen molar-refractivity contribution in [2.24, 2.45) is 0 Å². The number of para-hydroxylation sites is 2. The maximum absolute atomic E-state index is 12.1. The standard InChI is InChI=1S/C15H15NO4/c1-16(15(17)14-7-4-8-18-14)9-11-10-19-12-5-2-3-6-13(12)20-11/h2-8,11H,9-10H2,1H3. The average molecular weight is 273 g/mol. The third-order valence-corrected chi connectivity index (χ3v) is 3.12. The van der Waals surface area contributed by atoms with Gasteiger partial charge in [-0.2, -0.15) is 0 Å². The lowest BCUT2D eigenvalue weighted by Gasteiger charge is -2.29. The Morgan fingerprint density at radius 2 is 2.05 bits per heavy atom. The first-order valence-corrected chi connectivity index (χ1v) is 6.41. The van der Waals surface area contributed by atoms with E-state index in [2.05, 4.69) is 0 Å². The fraction of sp³-hybridized carbons (Fsp3) is 0.267. The summed E-state index contributed by atoms with van der Waals surface area (Å²) >= 11 is 0. The number of rotatable bonds is 3. The highest BCUT2D eigenvalue weighted by Crippen LogP contribution is 2.30. The molecular weight excluding hydrogens is 258 g/mol. The highest BCUT2D eigenvalue weighted by molar-refractivity contribution is 5.91. The topological polar surface area (TPSA) is 51.9 Å². The van der Waals surface area contributed by atoms with Crippen molar-refractivity contribution in [3.8, 4) is 11.5 Å². The lowest BCUT2D eigenvalue weighted by Crippen LogP contribution is -2.41. The van der Waals surface area contributed by atoms with Crippen molar-refractivity contribution in [2.45, 2.75) is 6.10 Å². The lowest BCUT2D eigenvalue weighted by molar-refractivity contribution is 0.0502. The zero-order valence-corrected chi connectivity index (χ0v) is 11.1. The second-order valence-corrected chi connectivity index (χ2v) is 4.66. The zero-order chi connectivity index (χ0) is 13.9. The molecular formula is C15H15NO4. The number of carbonyl (C=O) groups excluding carboxylic acids is 1. The summed E-state index contributed by atoms with van der Waals surface area (Å²) < 4.78 is 16.5. The van der Waals surface area contributed by atoms with E-state index in [-0.39, 0.29) is 12.0 Å². The van der Waals surface area contributed by atoms with E-state index in [0.717, 1.165) is 5.75 Å². The van der Waals surface area contributed by atoms with Gasteiger partial charge >= 0.3 is 0 Å². The minimum atomic E-state index is -0.186. The molecule has 2 aromatic rings. The number of nitrogens with zero attached hydrogens (tertiary/aromatic N) is 1. The maximum Gasteiger partial charge on any atom is 0.289 e. The van der Waals surface area contributed by atoms with E-state index in [9.17, 15) is 4.79 Å². The number of hydrogen-bond acceptors (Lipinski definition) is 4. The van der Waals surface area contributed by atoms with Crippen LogP contribution in [0.2, 0.25) is 0 Å². The van der Waals surface area contributed by atoms with Gasteiger partial charge in [0.2, 0.25) is 0 Å². The molecule has 1 amide bonds. The van der Waals surface area contributed by atoms with Crippen molar-refractivity contribution in [3.63, 3.8) is 0 Å². The monoisotopic (exact) mass is 273 g/mol. The van der Waals surface area contributed by atoms with Gasteiger partial charge in [0, 0.05) is 7.05 Å². The summed E-state index contributed by atoms with van der Waals surface area (Å²) in [5.41, 5.74) is 0. The summed E-state index contributed by atoms with van der Waals surface area (Å²) in [4.78, 5) is 13.6. The molecule has 104 valence electrons. The number of ether oxygens (including phenoxy) is 2. The highest BCUT2D eigenvalue weighted by atomic mass is 16.6. The van der Waals surface area contributed by atoms with Crippen LogP contribution in [0.5, 0.6) is 11.5 Å². The number of likely N-dealkylation sites (N-methyl/N-ethyl adjacent to an activating group) is 1. The first kappa shape index (κ1) is 12.6. The van der Waals surface area contributed by atoms with Gasteiger partial charge in [-0.3, -0.25) is 4.79 Å². The molecule has 0 saturated heterocycles. The molecule has 5 nitrogen and oxygen atoms in total. The number of hydrogen-bond donors (Lipinski definition) is 0. The molecule has 0 N–H and O–H groups in total. The number of carbonyl (C=O) groups is 1. The normalized spacial score (nSPS) is 16.8. The molecule has 0 fully saturated rings. The van der Waals surface area contributed by atoms with Crippen LogP contribution in [0.25, 0.3) is 0 Å². The van der Waals surface area contributed by atoms with Gasteiger partial charge < -0.3 is 18.8 Å². The SMILES string of the molecule is CN(CC1COc2ccccc2O1)C(=O)c1ccco1. The van der Waals surface area contributed by atoms with Gasteiger partial charge in [0.15, 0.2) is 23.4 Å². The Hall–Kier alpha value is -2.43. The summed E-state index contributed by atoms with van der Waals surface area (Å²) in [6, 6.07) is 10.8. The van der Waals surface area contributed by atoms with Crippen molar-refractivity contribution in [1.29, 1.82) is 0 Å². The second-order valence-electron chi connectivity index (χ2n) is 4.66. The van der Waals surface area contributed by atoms with Crippen LogP contribution >= 0.6 is 0 Å². The van der Waals surface area contributed by atoms with E-state index in [1.807, 2.05) is 24.3 Å². The fourth-order valence-electron chi connectivity index (χ4n) is 2.13. The van der Waals surface area contributed by atoms with Gasteiger partial charge in [-0.15, -0.1) is 0 Å². The summed E-state index contributed by atoms with van der Waals surface area (Å²) in [6.45, 7) is 0.862. The average Bonchev–Trinajstić information content (AvgIpc) is 3.00. The molecule has 20 heavy (non-hydrogen) atoms. The fourth-order valence-corrected chi connectivity index (χ4v) is 2.13. The van der Waals surface area contributed by atoms with Gasteiger partial charge in [0.1, 0.15) is 6.61 Å². The zero-order valence-electron chi connectivity index (χ0n) is 11.1. The van der Waals surface area contributed by atoms with Crippen molar-refractivity contribution < 1.29 is 18.7 Å². The molecule has 1 aromatic heterocycles.